The highest BCUT2D eigenvalue weighted by molar-refractivity contribution is 5.97. The average molecular weight is 973 g/mol. The van der Waals surface area contributed by atoms with Gasteiger partial charge in [-0.1, -0.05) is 206 Å². The number of aromatic nitrogens is 4. The van der Waals surface area contributed by atoms with Crippen LogP contribution in [0.25, 0.3) is 145 Å². The number of nitrogens with zero attached hydrogens (tertiary/aromatic N) is 4. The highest BCUT2D eigenvalue weighted by Crippen LogP contribution is 2.40. The van der Waals surface area contributed by atoms with Gasteiger partial charge in [0.1, 0.15) is 11.0 Å². The van der Waals surface area contributed by atoms with Crippen molar-refractivity contribution in [1.29, 1.82) is 0 Å². The molecule has 0 radical (unpaired) electrons. The van der Waals surface area contributed by atoms with Gasteiger partial charge in [-0.3, -0.25) is 0 Å². The molecular formula is C70H44N4O2. The average Bonchev–Trinajstić information content (AvgIpc) is 4.15. The Labute approximate surface area is 439 Å². The van der Waals surface area contributed by atoms with E-state index in [4.69, 9.17) is 28.8 Å². The topological polar surface area (TPSA) is 77.8 Å². The van der Waals surface area contributed by atoms with Crippen LogP contribution in [-0.2, 0) is 0 Å². The molecule has 3 heterocycles. The first kappa shape index (κ1) is 44.4. The Morgan fingerprint density at radius 1 is 0.197 bits per heavy atom. The van der Waals surface area contributed by atoms with Crippen LogP contribution in [0.1, 0.15) is 0 Å². The van der Waals surface area contributed by atoms with Crippen LogP contribution in [0.2, 0.25) is 0 Å². The fraction of sp³-hybridized carbons (Fsp3) is 0. The quantitative estimate of drug-likeness (QED) is 0.136. The summed E-state index contributed by atoms with van der Waals surface area (Å²) in [6.45, 7) is 0. The molecule has 11 aromatic carbocycles. The van der Waals surface area contributed by atoms with E-state index in [1.165, 1.54) is 11.1 Å². The lowest BCUT2D eigenvalue weighted by atomic mass is 9.91. The van der Waals surface area contributed by atoms with Crippen LogP contribution in [0.4, 0.5) is 0 Å². The first-order valence-electron chi connectivity index (χ1n) is 25.4. The summed E-state index contributed by atoms with van der Waals surface area (Å²) in [6.07, 6.45) is 0. The maximum Gasteiger partial charge on any atom is 0.227 e. The summed E-state index contributed by atoms with van der Waals surface area (Å²) < 4.78 is 12.1. The van der Waals surface area contributed by atoms with E-state index >= 15 is 0 Å². The van der Waals surface area contributed by atoms with Crippen molar-refractivity contribution >= 4 is 33.2 Å². The molecule has 0 unspecified atom stereocenters. The summed E-state index contributed by atoms with van der Waals surface area (Å²) in [5, 5.41) is 0. The van der Waals surface area contributed by atoms with Crippen molar-refractivity contribution in [3.8, 4) is 112 Å². The van der Waals surface area contributed by atoms with E-state index < -0.39 is 0 Å². The molecule has 0 atom stereocenters. The normalized spacial score (nSPS) is 11.4. The lowest BCUT2D eigenvalue weighted by Crippen LogP contribution is -1.97. The van der Waals surface area contributed by atoms with Gasteiger partial charge in [0.15, 0.2) is 11.2 Å². The van der Waals surface area contributed by atoms with E-state index in [-0.39, 0.29) is 0 Å². The predicted octanol–water partition coefficient (Wildman–Crippen LogP) is 18.6. The van der Waals surface area contributed by atoms with Crippen LogP contribution in [-0.4, -0.2) is 19.9 Å². The van der Waals surface area contributed by atoms with E-state index in [1.807, 2.05) is 48.5 Å². The second-order valence-electron chi connectivity index (χ2n) is 19.0. The number of oxazole rings is 2. The molecule has 0 aliphatic heterocycles. The highest BCUT2D eigenvalue weighted by Gasteiger charge is 2.19. The van der Waals surface area contributed by atoms with Gasteiger partial charge in [-0.25, -0.2) is 19.9 Å². The van der Waals surface area contributed by atoms with Gasteiger partial charge in [-0.05, 0) is 127 Å². The van der Waals surface area contributed by atoms with E-state index in [0.29, 0.717) is 11.8 Å². The van der Waals surface area contributed by atoms with Crippen LogP contribution in [0.15, 0.2) is 276 Å². The third-order valence-corrected chi connectivity index (χ3v) is 14.2. The molecule has 0 fully saturated rings. The Morgan fingerprint density at radius 3 is 0.789 bits per heavy atom. The van der Waals surface area contributed by atoms with Crippen molar-refractivity contribution < 1.29 is 8.83 Å². The Bertz CT molecular complexity index is 4030. The van der Waals surface area contributed by atoms with Crippen molar-refractivity contribution in [2.24, 2.45) is 0 Å². The molecule has 356 valence electrons. The Morgan fingerprint density at radius 2 is 0.461 bits per heavy atom. The monoisotopic (exact) mass is 972 g/mol. The summed E-state index contributed by atoms with van der Waals surface area (Å²) in [5.41, 5.74) is 23.6. The number of hydrogen-bond donors (Lipinski definition) is 0. The summed E-state index contributed by atoms with van der Waals surface area (Å²) in [5.74, 6) is 1.21. The van der Waals surface area contributed by atoms with Crippen LogP contribution >= 0.6 is 0 Å². The van der Waals surface area contributed by atoms with E-state index in [2.05, 4.69) is 218 Å². The zero-order valence-electron chi connectivity index (χ0n) is 41.0. The maximum absolute atomic E-state index is 6.07. The van der Waals surface area contributed by atoms with Crippen LogP contribution in [0.5, 0.6) is 0 Å². The molecule has 0 amide bonds. The first-order chi connectivity index (χ1) is 37.6. The minimum absolute atomic E-state index is 0.605. The fourth-order valence-electron chi connectivity index (χ4n) is 10.2. The zero-order valence-corrected chi connectivity index (χ0v) is 41.0. The van der Waals surface area contributed by atoms with Crippen LogP contribution in [0, 0.1) is 0 Å². The van der Waals surface area contributed by atoms with Crippen LogP contribution < -0.4 is 0 Å². The Kier molecular flexibility index (Phi) is 11.1. The molecule has 0 spiro atoms. The second-order valence-corrected chi connectivity index (χ2v) is 19.0. The molecule has 14 aromatic rings. The van der Waals surface area contributed by atoms with E-state index in [0.717, 1.165) is 123 Å². The van der Waals surface area contributed by atoms with Crippen molar-refractivity contribution in [3.05, 3.63) is 267 Å². The van der Waals surface area contributed by atoms with Gasteiger partial charge in [0, 0.05) is 22.3 Å². The molecule has 3 aromatic heterocycles. The third kappa shape index (κ3) is 8.49. The third-order valence-electron chi connectivity index (χ3n) is 14.2. The van der Waals surface area contributed by atoms with Crippen molar-refractivity contribution in [1.82, 2.24) is 19.9 Å². The molecule has 0 N–H and O–H groups in total. The molecule has 0 saturated carbocycles. The summed E-state index contributed by atoms with van der Waals surface area (Å²) in [7, 11) is 0. The highest BCUT2D eigenvalue weighted by atomic mass is 16.4. The van der Waals surface area contributed by atoms with Gasteiger partial charge in [0.2, 0.25) is 11.8 Å². The van der Waals surface area contributed by atoms with Crippen molar-refractivity contribution in [3.63, 3.8) is 0 Å². The Hall–Kier alpha value is -10.3. The van der Waals surface area contributed by atoms with Gasteiger partial charge in [0.05, 0.1) is 22.4 Å². The maximum atomic E-state index is 6.07. The lowest BCUT2D eigenvalue weighted by molar-refractivity contribution is 0.619. The van der Waals surface area contributed by atoms with Gasteiger partial charge in [-0.2, -0.15) is 0 Å². The minimum Gasteiger partial charge on any atom is -0.436 e. The standard InChI is InChI=1S/C70H44N4O2/c1-3-11-45(12-4-1)47-19-31-53(32-20-47)59-43-63-64(44-60(59)54-33-21-48(22-34-54)46-13-5-2-6-14-46)72-68(56-37-25-50(26-38-56)52-29-41-58(42-30-52)70-74-62-16-8-10-18-66(62)76-70)67(71-63)55-35-23-49(24-36-55)51-27-39-57(40-28-51)69-73-61-15-7-9-17-65(61)75-69/h1-44H. The predicted molar refractivity (Wildman–Crippen MR) is 309 cm³/mol. The number of rotatable bonds is 10. The second kappa shape index (κ2) is 19.0. The summed E-state index contributed by atoms with van der Waals surface area (Å²) in [6, 6.07) is 92.8. The summed E-state index contributed by atoms with van der Waals surface area (Å²) >= 11 is 0. The molecule has 14 rings (SSSR count). The van der Waals surface area contributed by atoms with Crippen molar-refractivity contribution in [2.75, 3.05) is 0 Å². The van der Waals surface area contributed by atoms with E-state index in [9.17, 15) is 0 Å². The smallest absolute Gasteiger partial charge is 0.227 e. The van der Waals surface area contributed by atoms with Gasteiger partial charge >= 0.3 is 0 Å². The SMILES string of the molecule is c1ccc(-c2ccc(-c3cc4nc(-c5ccc(-c6ccc(-c7nc8ccccc8o7)cc6)cc5)c(-c5ccc(-c6ccc(-c7nc8ccccc8o7)cc6)cc5)nc4cc3-c3ccc(-c4ccccc4)cc3)cc2)cc1. The molecule has 6 nitrogen and oxygen atoms in total. The molecule has 0 saturated heterocycles. The number of hydrogen-bond acceptors (Lipinski definition) is 6. The Balaban J connectivity index is 0.866. The molecule has 6 heteroatoms. The molecule has 0 bridgehead atoms. The van der Waals surface area contributed by atoms with Crippen molar-refractivity contribution in [2.45, 2.75) is 0 Å². The van der Waals surface area contributed by atoms with Crippen LogP contribution in [0.3, 0.4) is 0 Å². The summed E-state index contributed by atoms with van der Waals surface area (Å²) in [4.78, 5) is 20.6. The molecule has 76 heavy (non-hydrogen) atoms. The first-order valence-corrected chi connectivity index (χ1v) is 25.4. The minimum atomic E-state index is 0.605. The number of para-hydroxylation sites is 4. The molecular weight excluding hydrogens is 929 g/mol. The van der Waals surface area contributed by atoms with Gasteiger partial charge in [0.25, 0.3) is 0 Å². The number of benzene rings is 11. The lowest BCUT2D eigenvalue weighted by Gasteiger charge is -2.16. The zero-order chi connectivity index (χ0) is 50.4. The fourth-order valence-corrected chi connectivity index (χ4v) is 10.2. The largest absolute Gasteiger partial charge is 0.436 e. The molecule has 0 aliphatic carbocycles. The van der Waals surface area contributed by atoms with Gasteiger partial charge in [-0.15, -0.1) is 0 Å². The van der Waals surface area contributed by atoms with Gasteiger partial charge < -0.3 is 8.83 Å². The molecule has 0 aliphatic rings. The van der Waals surface area contributed by atoms with E-state index in [1.54, 1.807) is 0 Å². The number of fused-ring (bicyclic) bond motifs is 3.